The number of nitrogens with one attached hydrogen (secondary N) is 1. The maximum atomic E-state index is 4.59. The Morgan fingerprint density at radius 3 is 2.33 bits per heavy atom. The molecule has 0 aromatic carbocycles. The minimum atomic E-state index is 0.416. The fourth-order valence-electron chi connectivity index (χ4n) is 2.00. The number of likely N-dealkylation sites (N-methyl/N-ethyl adjacent to an activating group) is 1. The van der Waals surface area contributed by atoms with Gasteiger partial charge in [0, 0.05) is 24.8 Å². The van der Waals surface area contributed by atoms with E-state index in [4.69, 9.17) is 0 Å². The van der Waals surface area contributed by atoms with E-state index in [2.05, 4.69) is 67.8 Å². The fourth-order valence-corrected chi connectivity index (χ4v) is 2.00. The van der Waals surface area contributed by atoms with Crippen LogP contribution in [0, 0.1) is 12.8 Å². The highest BCUT2D eigenvalue weighted by molar-refractivity contribution is 5.31. The quantitative estimate of drug-likeness (QED) is 0.845. The summed E-state index contributed by atoms with van der Waals surface area (Å²) >= 11 is 0. The number of hydrogen-bond donors (Lipinski definition) is 1. The molecule has 1 aromatic heterocycles. The van der Waals surface area contributed by atoms with Crippen LogP contribution in [0.15, 0.2) is 6.20 Å². The van der Waals surface area contributed by atoms with Crippen molar-refractivity contribution in [2.24, 2.45) is 5.92 Å². The molecule has 0 amide bonds. The maximum Gasteiger partial charge on any atom is 0.203 e. The van der Waals surface area contributed by atoms with Crippen molar-refractivity contribution in [3.05, 3.63) is 11.9 Å². The first-order valence-electron chi connectivity index (χ1n) is 6.78. The third-order valence-corrected chi connectivity index (χ3v) is 3.09. The maximum absolute atomic E-state index is 4.59. The normalized spacial score (nSPS) is 13.7. The molecule has 1 atom stereocenters. The van der Waals surface area contributed by atoms with Crippen molar-refractivity contribution in [1.29, 1.82) is 0 Å². The Morgan fingerprint density at radius 2 is 1.89 bits per heavy atom. The van der Waals surface area contributed by atoms with Gasteiger partial charge in [0.05, 0.1) is 5.69 Å². The lowest BCUT2D eigenvalue weighted by atomic mass is 10.0. The van der Waals surface area contributed by atoms with Crippen LogP contribution in [0.1, 0.15) is 39.4 Å². The molecule has 1 heterocycles. The van der Waals surface area contributed by atoms with Gasteiger partial charge in [-0.25, -0.2) is 4.98 Å². The van der Waals surface area contributed by atoms with Crippen molar-refractivity contribution in [3.8, 4) is 0 Å². The standard InChI is InChI=1S/C14H28N4/c1-10(2)13(9-17(6)7)16-14-15-12(5)8-18(14)11(3)4/h8,10-11,13H,9H2,1-7H3,(H,15,16). The van der Waals surface area contributed by atoms with Crippen molar-refractivity contribution in [2.45, 2.75) is 46.7 Å². The van der Waals surface area contributed by atoms with Gasteiger partial charge in [-0.2, -0.15) is 0 Å². The van der Waals surface area contributed by atoms with Crippen LogP contribution in [-0.4, -0.2) is 41.1 Å². The molecule has 0 aliphatic heterocycles. The first-order chi connectivity index (χ1) is 8.31. The average molecular weight is 252 g/mol. The van der Waals surface area contributed by atoms with E-state index in [0.29, 0.717) is 18.0 Å². The lowest BCUT2D eigenvalue weighted by molar-refractivity contribution is 0.342. The van der Waals surface area contributed by atoms with Crippen molar-refractivity contribution in [3.63, 3.8) is 0 Å². The van der Waals surface area contributed by atoms with Crippen molar-refractivity contribution in [2.75, 3.05) is 26.0 Å². The van der Waals surface area contributed by atoms with Crippen molar-refractivity contribution < 1.29 is 0 Å². The zero-order chi connectivity index (χ0) is 13.9. The molecule has 0 radical (unpaired) electrons. The van der Waals surface area contributed by atoms with Gasteiger partial charge in [0.2, 0.25) is 5.95 Å². The number of rotatable bonds is 6. The van der Waals surface area contributed by atoms with Crippen molar-refractivity contribution >= 4 is 5.95 Å². The van der Waals surface area contributed by atoms with Crippen LogP contribution in [-0.2, 0) is 0 Å². The largest absolute Gasteiger partial charge is 0.351 e. The smallest absolute Gasteiger partial charge is 0.203 e. The van der Waals surface area contributed by atoms with Crippen LogP contribution in [0.2, 0.25) is 0 Å². The number of aryl methyl sites for hydroxylation is 1. The molecule has 4 nitrogen and oxygen atoms in total. The molecule has 4 heteroatoms. The van der Waals surface area contributed by atoms with Crippen LogP contribution in [0.4, 0.5) is 5.95 Å². The van der Waals surface area contributed by atoms with Crippen molar-refractivity contribution in [1.82, 2.24) is 14.5 Å². The Hall–Kier alpha value is -1.03. The van der Waals surface area contributed by atoms with E-state index in [1.807, 2.05) is 6.92 Å². The molecule has 0 saturated heterocycles. The summed E-state index contributed by atoms with van der Waals surface area (Å²) in [6.07, 6.45) is 2.11. The van der Waals surface area contributed by atoms with E-state index < -0.39 is 0 Å². The Kier molecular flexibility index (Phi) is 5.20. The molecular formula is C14H28N4. The first-order valence-corrected chi connectivity index (χ1v) is 6.78. The molecule has 1 N–H and O–H groups in total. The van der Waals surface area contributed by atoms with E-state index in [1.165, 1.54) is 0 Å². The summed E-state index contributed by atoms with van der Waals surface area (Å²) in [7, 11) is 4.22. The zero-order valence-corrected chi connectivity index (χ0v) is 12.9. The molecule has 1 aromatic rings. The van der Waals surface area contributed by atoms with Crippen LogP contribution >= 0.6 is 0 Å². The number of imidazole rings is 1. The third kappa shape index (κ3) is 4.02. The molecular weight excluding hydrogens is 224 g/mol. The van der Waals surface area contributed by atoms with Gasteiger partial charge in [-0.15, -0.1) is 0 Å². The van der Waals surface area contributed by atoms with Gasteiger partial charge in [0.25, 0.3) is 0 Å². The minimum Gasteiger partial charge on any atom is -0.351 e. The fraction of sp³-hybridized carbons (Fsp3) is 0.786. The second kappa shape index (κ2) is 6.23. The molecule has 0 fully saturated rings. The zero-order valence-electron chi connectivity index (χ0n) is 12.9. The average Bonchev–Trinajstić information content (AvgIpc) is 2.57. The van der Waals surface area contributed by atoms with Gasteiger partial charge in [-0.3, -0.25) is 0 Å². The molecule has 1 unspecified atom stereocenters. The highest BCUT2D eigenvalue weighted by Crippen LogP contribution is 2.18. The monoisotopic (exact) mass is 252 g/mol. The Bertz CT molecular complexity index is 366. The van der Waals surface area contributed by atoms with E-state index in [-0.39, 0.29) is 0 Å². The number of nitrogens with zero attached hydrogens (tertiary/aromatic N) is 3. The van der Waals surface area contributed by atoms with E-state index in [0.717, 1.165) is 18.2 Å². The molecule has 0 saturated carbocycles. The summed E-state index contributed by atoms with van der Waals surface area (Å²) in [5.74, 6) is 1.56. The van der Waals surface area contributed by atoms with E-state index in [1.54, 1.807) is 0 Å². The van der Waals surface area contributed by atoms with Crippen LogP contribution in [0.25, 0.3) is 0 Å². The molecule has 104 valence electrons. The summed E-state index contributed by atoms with van der Waals surface area (Å²) in [4.78, 5) is 6.81. The van der Waals surface area contributed by atoms with Crippen LogP contribution in [0.3, 0.4) is 0 Å². The Morgan fingerprint density at radius 1 is 1.28 bits per heavy atom. The lowest BCUT2D eigenvalue weighted by Gasteiger charge is -2.27. The summed E-state index contributed by atoms with van der Waals surface area (Å²) in [5, 5.41) is 3.59. The number of hydrogen-bond acceptors (Lipinski definition) is 3. The number of anilines is 1. The topological polar surface area (TPSA) is 33.1 Å². The highest BCUT2D eigenvalue weighted by Gasteiger charge is 2.17. The van der Waals surface area contributed by atoms with Gasteiger partial charge in [0.15, 0.2) is 0 Å². The van der Waals surface area contributed by atoms with Gasteiger partial charge < -0.3 is 14.8 Å². The summed E-state index contributed by atoms with van der Waals surface area (Å²) in [5.41, 5.74) is 1.07. The second-order valence-electron chi connectivity index (χ2n) is 5.96. The molecule has 0 spiro atoms. The third-order valence-electron chi connectivity index (χ3n) is 3.09. The predicted molar refractivity (Wildman–Crippen MR) is 78.2 cm³/mol. The second-order valence-corrected chi connectivity index (χ2v) is 5.96. The molecule has 0 aliphatic rings. The summed E-state index contributed by atoms with van der Waals surface area (Å²) < 4.78 is 2.21. The van der Waals surface area contributed by atoms with Gasteiger partial charge in [0.1, 0.15) is 0 Å². The highest BCUT2D eigenvalue weighted by atomic mass is 15.2. The van der Waals surface area contributed by atoms with Gasteiger partial charge in [-0.05, 0) is 40.8 Å². The van der Waals surface area contributed by atoms with Crippen LogP contribution < -0.4 is 5.32 Å². The lowest BCUT2D eigenvalue weighted by Crippen LogP contribution is -2.37. The predicted octanol–water partition coefficient (Wildman–Crippen LogP) is 2.77. The molecule has 1 rings (SSSR count). The molecule has 0 aliphatic carbocycles. The van der Waals surface area contributed by atoms with Crippen LogP contribution in [0.5, 0.6) is 0 Å². The van der Waals surface area contributed by atoms with Gasteiger partial charge >= 0.3 is 0 Å². The Balaban J connectivity index is 2.86. The molecule has 0 bridgehead atoms. The minimum absolute atomic E-state index is 0.416. The Labute approximate surface area is 111 Å². The molecule has 18 heavy (non-hydrogen) atoms. The summed E-state index contributed by atoms with van der Waals surface area (Å²) in [6.45, 7) is 11.9. The van der Waals surface area contributed by atoms with E-state index >= 15 is 0 Å². The van der Waals surface area contributed by atoms with Gasteiger partial charge in [-0.1, -0.05) is 13.8 Å². The van der Waals surface area contributed by atoms with E-state index in [9.17, 15) is 0 Å². The first kappa shape index (κ1) is 15.0. The number of aromatic nitrogens is 2. The SMILES string of the molecule is Cc1cn(C(C)C)c(NC(CN(C)C)C(C)C)n1. The summed E-state index contributed by atoms with van der Waals surface area (Å²) in [6, 6.07) is 0.847.